The molecule has 4 rings (SSSR count). The van der Waals surface area contributed by atoms with Gasteiger partial charge in [0.15, 0.2) is 29.0 Å². The highest BCUT2D eigenvalue weighted by Crippen LogP contribution is 2.44. The van der Waals surface area contributed by atoms with Crippen molar-refractivity contribution in [3.05, 3.63) is 12.7 Å². The maximum Gasteiger partial charge on any atom is 0.333 e. The van der Waals surface area contributed by atoms with Crippen molar-refractivity contribution in [2.75, 3.05) is 25.5 Å². The molecule has 0 spiro atoms. The molecule has 2 amide bonds. The van der Waals surface area contributed by atoms with E-state index < -0.39 is 114 Å². The molecule has 0 aromatic carbocycles. The minimum atomic E-state index is -4.29. The van der Waals surface area contributed by atoms with E-state index in [1.54, 1.807) is 55.4 Å². The highest BCUT2D eigenvalue weighted by molar-refractivity contribution is 7.84. The number of nitrogens with two attached hydrogens (primary N) is 1. The van der Waals surface area contributed by atoms with Gasteiger partial charge in [-0.25, -0.2) is 29.7 Å². The number of hydrogen-bond donors (Lipinski definition) is 3. The first-order valence-corrected chi connectivity index (χ1v) is 18.0. The van der Waals surface area contributed by atoms with Gasteiger partial charge in [-0.3, -0.25) is 28.5 Å². The first-order chi connectivity index (χ1) is 24.9. The van der Waals surface area contributed by atoms with Gasteiger partial charge in [0.25, 0.3) is 0 Å². The van der Waals surface area contributed by atoms with Gasteiger partial charge in [-0.2, -0.15) is 8.42 Å². The normalized spacial score (nSPS) is 21.5. The fourth-order valence-electron chi connectivity index (χ4n) is 5.02. The van der Waals surface area contributed by atoms with E-state index in [-0.39, 0.29) is 23.4 Å². The molecule has 22 nitrogen and oxygen atoms in total. The molecule has 0 saturated carbocycles. The van der Waals surface area contributed by atoms with E-state index in [1.165, 1.54) is 10.9 Å². The molecule has 2 saturated heterocycles. The first-order valence-electron chi connectivity index (χ1n) is 16.6. The van der Waals surface area contributed by atoms with E-state index in [4.69, 9.17) is 42.5 Å². The quantitative estimate of drug-likeness (QED) is 0.177. The fraction of sp³-hybridized carbons (Fsp3) is 0.677. The lowest BCUT2D eigenvalue weighted by Gasteiger charge is -2.24. The Morgan fingerprint density at radius 2 is 1.54 bits per heavy atom. The third-order valence-corrected chi connectivity index (χ3v) is 8.10. The SMILES string of the molecule is CC1(C)O[C@@H]2[C@H](O1)[C@@H](COS(N)(=O)=O)O[C@H]2n1cnc2c(NC(=O)N[C@@H](CCC(=O)OCOC(=O)C(C)(C)C)C(=O)OCOC(=O)C(C)(C)C)ncnc21. The summed E-state index contributed by atoms with van der Waals surface area (Å²) in [5, 5.41) is 9.87. The Kier molecular flexibility index (Phi) is 12.8. The smallest absolute Gasteiger partial charge is 0.333 e. The molecule has 4 heterocycles. The van der Waals surface area contributed by atoms with E-state index >= 15 is 0 Å². The van der Waals surface area contributed by atoms with Gasteiger partial charge in [-0.1, -0.05) is 0 Å². The van der Waals surface area contributed by atoms with E-state index in [0.717, 1.165) is 6.33 Å². The molecule has 0 bridgehead atoms. The van der Waals surface area contributed by atoms with Crippen molar-refractivity contribution >= 4 is 57.2 Å². The lowest BCUT2D eigenvalue weighted by molar-refractivity contribution is -0.198. The summed E-state index contributed by atoms with van der Waals surface area (Å²) in [5.74, 6) is -4.32. The van der Waals surface area contributed by atoms with Crippen LogP contribution in [0.1, 0.15) is 74.5 Å². The average Bonchev–Trinajstić information content (AvgIpc) is 3.71. The van der Waals surface area contributed by atoms with Gasteiger partial charge in [-0.15, -0.1) is 0 Å². The topological polar surface area (TPSA) is 287 Å². The molecule has 0 unspecified atom stereocenters. The highest BCUT2D eigenvalue weighted by Gasteiger charge is 2.56. The Hall–Kier alpha value is -4.55. The lowest BCUT2D eigenvalue weighted by atomic mass is 9.97. The maximum atomic E-state index is 13.2. The van der Waals surface area contributed by atoms with Crippen LogP contribution in [0.3, 0.4) is 0 Å². The summed E-state index contributed by atoms with van der Waals surface area (Å²) < 4.78 is 67.1. The predicted molar refractivity (Wildman–Crippen MR) is 180 cm³/mol. The summed E-state index contributed by atoms with van der Waals surface area (Å²) in [4.78, 5) is 75.4. The number of imidazole rings is 1. The number of amides is 2. The molecule has 300 valence electrons. The Bertz CT molecular complexity index is 1840. The second-order valence-corrected chi connectivity index (χ2v) is 15.9. The number of esters is 4. The molecule has 23 heteroatoms. The monoisotopic (exact) mass is 787 g/mol. The van der Waals surface area contributed by atoms with Crippen LogP contribution in [0.5, 0.6) is 0 Å². The molecule has 5 atom stereocenters. The van der Waals surface area contributed by atoms with Crippen molar-refractivity contribution in [2.45, 2.75) is 105 Å². The Morgan fingerprint density at radius 1 is 0.926 bits per heavy atom. The lowest BCUT2D eigenvalue weighted by Crippen LogP contribution is -2.44. The van der Waals surface area contributed by atoms with Gasteiger partial charge >= 0.3 is 40.2 Å². The molecular formula is C31H45N7O15S. The number of nitrogens with one attached hydrogen (secondary N) is 2. The summed E-state index contributed by atoms with van der Waals surface area (Å²) in [6.45, 7) is 11.1. The number of carbonyl (C=O) groups excluding carboxylic acids is 5. The number of hydrogen-bond acceptors (Lipinski definition) is 18. The van der Waals surface area contributed by atoms with Gasteiger partial charge in [0, 0.05) is 6.42 Å². The predicted octanol–water partition coefficient (Wildman–Crippen LogP) is 0.914. The van der Waals surface area contributed by atoms with Gasteiger partial charge in [-0.05, 0) is 61.8 Å². The molecule has 2 fully saturated rings. The van der Waals surface area contributed by atoms with Gasteiger partial charge in [0.1, 0.15) is 30.7 Å². The van der Waals surface area contributed by atoms with E-state index in [9.17, 15) is 32.4 Å². The van der Waals surface area contributed by atoms with Crippen LogP contribution in [-0.4, -0.2) is 108 Å². The van der Waals surface area contributed by atoms with Crippen LogP contribution >= 0.6 is 0 Å². The van der Waals surface area contributed by atoms with Crippen LogP contribution in [0.15, 0.2) is 12.7 Å². The minimum Gasteiger partial charge on any atom is -0.428 e. The number of fused-ring (bicyclic) bond motifs is 2. The summed E-state index contributed by atoms with van der Waals surface area (Å²) in [6.07, 6.45) is -1.71. The molecule has 2 aliphatic heterocycles. The zero-order valence-electron chi connectivity index (χ0n) is 31.0. The van der Waals surface area contributed by atoms with Crippen LogP contribution in [0, 0.1) is 10.8 Å². The molecule has 0 radical (unpaired) electrons. The summed E-state index contributed by atoms with van der Waals surface area (Å²) in [5.41, 5.74) is -1.47. The zero-order valence-corrected chi connectivity index (χ0v) is 31.8. The van der Waals surface area contributed by atoms with Crippen molar-refractivity contribution in [3.63, 3.8) is 0 Å². The van der Waals surface area contributed by atoms with Crippen LogP contribution in [-0.2, 0) is 66.8 Å². The number of urea groups is 1. The van der Waals surface area contributed by atoms with E-state index in [0.29, 0.717) is 0 Å². The summed E-state index contributed by atoms with van der Waals surface area (Å²) >= 11 is 0. The van der Waals surface area contributed by atoms with E-state index in [1.807, 2.05) is 0 Å². The number of nitrogens with zero attached hydrogens (tertiary/aromatic N) is 4. The molecule has 54 heavy (non-hydrogen) atoms. The third kappa shape index (κ3) is 11.2. The molecule has 0 aliphatic carbocycles. The van der Waals surface area contributed by atoms with Crippen molar-refractivity contribution in [3.8, 4) is 0 Å². The molecule has 4 N–H and O–H groups in total. The van der Waals surface area contributed by atoms with E-state index in [2.05, 4.69) is 25.6 Å². The highest BCUT2D eigenvalue weighted by atomic mass is 32.2. The van der Waals surface area contributed by atoms with Gasteiger partial charge in [0.05, 0.1) is 23.8 Å². The summed E-state index contributed by atoms with van der Waals surface area (Å²) in [6, 6.07) is -2.45. The van der Waals surface area contributed by atoms with Crippen molar-refractivity contribution < 1.29 is 69.7 Å². The fourth-order valence-corrected chi connectivity index (χ4v) is 5.34. The van der Waals surface area contributed by atoms with Gasteiger partial charge < -0.3 is 38.5 Å². The standard InChI is InChI=1S/C31H45N7O15S/c1-29(2,3)26(41)48-14-46-18(39)10-9-16(25(40)47-15-49-27(42)30(4,5)6)36-28(43)37-22-19-23(34-12-33-22)38(13-35-19)24-21-20(52-31(7,8)53-21)17(51-24)11-50-54(32,44)45/h12-13,16-17,20-21,24H,9-11,14-15H2,1-8H3,(H2,32,44,45)(H2,33,34,36,37,43)/t16-,17+,20+,21+,24+/m0/s1. The van der Waals surface area contributed by atoms with Crippen molar-refractivity contribution in [1.29, 1.82) is 0 Å². The molecule has 2 aliphatic rings. The van der Waals surface area contributed by atoms with Crippen molar-refractivity contribution in [1.82, 2.24) is 24.8 Å². The minimum absolute atomic E-state index is 0.0804. The largest absolute Gasteiger partial charge is 0.428 e. The van der Waals surface area contributed by atoms with Gasteiger partial charge in [0.2, 0.25) is 13.6 Å². The van der Waals surface area contributed by atoms with Crippen LogP contribution in [0.4, 0.5) is 10.6 Å². The molecular weight excluding hydrogens is 742 g/mol. The maximum absolute atomic E-state index is 13.2. The number of ether oxygens (including phenoxy) is 7. The zero-order chi connectivity index (χ0) is 40.2. The second kappa shape index (κ2) is 16.4. The number of carbonyl (C=O) groups is 5. The molecule has 2 aromatic heterocycles. The number of anilines is 1. The average molecular weight is 788 g/mol. The third-order valence-electron chi connectivity index (χ3n) is 7.64. The Labute approximate surface area is 310 Å². The van der Waals surface area contributed by atoms with Crippen molar-refractivity contribution in [2.24, 2.45) is 16.0 Å². The van der Waals surface area contributed by atoms with Crippen LogP contribution in [0.2, 0.25) is 0 Å². The Balaban J connectivity index is 1.46. The van der Waals surface area contributed by atoms with Crippen LogP contribution < -0.4 is 15.8 Å². The number of rotatable bonds is 14. The second-order valence-electron chi connectivity index (χ2n) is 14.7. The number of aromatic nitrogens is 4. The summed E-state index contributed by atoms with van der Waals surface area (Å²) in [7, 11) is -4.29. The Morgan fingerprint density at radius 3 is 2.15 bits per heavy atom. The molecule has 2 aromatic rings. The van der Waals surface area contributed by atoms with Crippen LogP contribution in [0.25, 0.3) is 11.2 Å². The first kappa shape index (κ1) is 42.2.